The molecule has 0 saturated heterocycles. The Bertz CT molecular complexity index is 872. The fourth-order valence-electron chi connectivity index (χ4n) is 3.16. The molecule has 0 spiro atoms. The van der Waals surface area contributed by atoms with Crippen molar-refractivity contribution >= 4 is 51.4 Å². The molecule has 1 heterocycles. The van der Waals surface area contributed by atoms with Crippen molar-refractivity contribution in [2.75, 3.05) is 12.4 Å². The molecule has 0 saturated carbocycles. The lowest BCUT2D eigenvalue weighted by molar-refractivity contribution is 0.1000. The zero-order valence-electron chi connectivity index (χ0n) is 14.3. The predicted octanol–water partition coefficient (Wildman–Crippen LogP) is 4.54. The molecule has 1 aromatic heterocycles. The van der Waals surface area contributed by atoms with E-state index in [1.165, 1.54) is 30.6 Å². The van der Waals surface area contributed by atoms with E-state index in [0.717, 1.165) is 29.7 Å². The summed E-state index contributed by atoms with van der Waals surface area (Å²) in [5.74, 6) is -0.0864. The highest BCUT2D eigenvalue weighted by Crippen LogP contribution is 2.40. The number of carbonyl (C=O) groups excluding carboxylic acids is 2. The summed E-state index contributed by atoms with van der Waals surface area (Å²) in [6, 6.07) is 2.95. The lowest BCUT2D eigenvalue weighted by Gasteiger charge is -2.18. The van der Waals surface area contributed by atoms with Crippen LogP contribution in [0.3, 0.4) is 0 Å². The van der Waals surface area contributed by atoms with Gasteiger partial charge in [-0.15, -0.1) is 11.3 Å². The van der Waals surface area contributed by atoms with E-state index < -0.39 is 11.8 Å². The first-order valence-electron chi connectivity index (χ1n) is 8.10. The van der Waals surface area contributed by atoms with Crippen LogP contribution in [0.2, 0.25) is 10.0 Å². The number of fused-ring (bicyclic) bond motifs is 1. The second kappa shape index (κ2) is 7.47. The first-order chi connectivity index (χ1) is 12.3. The number of anilines is 1. The molecular formula is C18H18Cl2N2O3S. The molecule has 26 heavy (non-hydrogen) atoms. The lowest BCUT2D eigenvalue weighted by Crippen LogP contribution is -2.19. The van der Waals surface area contributed by atoms with Crippen molar-refractivity contribution in [1.29, 1.82) is 0 Å². The first kappa shape index (κ1) is 19.0. The second-order valence-corrected chi connectivity index (χ2v) is 8.27. The highest BCUT2D eigenvalue weighted by atomic mass is 35.5. The number of nitrogens with two attached hydrogens (primary N) is 1. The number of nitrogens with one attached hydrogen (secondary N) is 1. The van der Waals surface area contributed by atoms with Crippen LogP contribution in [0.4, 0.5) is 5.00 Å². The maximum Gasteiger partial charge on any atom is 0.256 e. The molecule has 1 aliphatic carbocycles. The normalized spacial score (nSPS) is 16.1. The van der Waals surface area contributed by atoms with Gasteiger partial charge in [-0.1, -0.05) is 30.1 Å². The molecule has 3 N–H and O–H groups in total. The summed E-state index contributed by atoms with van der Waals surface area (Å²) in [5.41, 5.74) is 7.22. The lowest BCUT2D eigenvalue weighted by atomic mass is 9.88. The zero-order valence-corrected chi connectivity index (χ0v) is 16.6. The number of hydrogen-bond donors (Lipinski definition) is 2. The van der Waals surface area contributed by atoms with E-state index >= 15 is 0 Å². The van der Waals surface area contributed by atoms with Gasteiger partial charge in [-0.05, 0) is 42.9 Å². The molecule has 1 aliphatic rings. The van der Waals surface area contributed by atoms with Gasteiger partial charge in [0.1, 0.15) is 5.00 Å². The van der Waals surface area contributed by atoms with E-state index in [-0.39, 0.29) is 15.6 Å². The Morgan fingerprint density at radius 2 is 1.96 bits per heavy atom. The van der Waals surface area contributed by atoms with Gasteiger partial charge in [0, 0.05) is 10.4 Å². The second-order valence-electron chi connectivity index (χ2n) is 6.35. The van der Waals surface area contributed by atoms with E-state index in [1.54, 1.807) is 0 Å². The van der Waals surface area contributed by atoms with Crippen LogP contribution in [-0.4, -0.2) is 18.9 Å². The number of amides is 2. The fourth-order valence-corrected chi connectivity index (χ4v) is 5.21. The zero-order chi connectivity index (χ0) is 19.0. The van der Waals surface area contributed by atoms with Crippen LogP contribution in [-0.2, 0) is 12.8 Å². The highest BCUT2D eigenvalue weighted by molar-refractivity contribution is 7.17. The number of thiophene rings is 1. The number of rotatable bonds is 4. The molecular weight excluding hydrogens is 395 g/mol. The summed E-state index contributed by atoms with van der Waals surface area (Å²) < 4.78 is 5.09. The minimum absolute atomic E-state index is 0.236. The number of hydrogen-bond acceptors (Lipinski definition) is 4. The molecule has 138 valence electrons. The maximum absolute atomic E-state index is 12.7. The van der Waals surface area contributed by atoms with Gasteiger partial charge in [-0.25, -0.2) is 0 Å². The van der Waals surface area contributed by atoms with Crippen molar-refractivity contribution in [3.05, 3.63) is 43.7 Å². The Morgan fingerprint density at radius 3 is 2.54 bits per heavy atom. The third kappa shape index (κ3) is 3.54. The van der Waals surface area contributed by atoms with Gasteiger partial charge in [0.2, 0.25) is 0 Å². The Morgan fingerprint density at radius 1 is 1.31 bits per heavy atom. The molecule has 1 atom stereocenters. The highest BCUT2D eigenvalue weighted by Gasteiger charge is 2.27. The van der Waals surface area contributed by atoms with Crippen LogP contribution in [0.1, 0.15) is 44.5 Å². The van der Waals surface area contributed by atoms with E-state index in [9.17, 15) is 9.59 Å². The summed E-state index contributed by atoms with van der Waals surface area (Å²) in [5, 5.41) is 3.74. The molecule has 2 aromatic rings. The monoisotopic (exact) mass is 412 g/mol. The summed E-state index contributed by atoms with van der Waals surface area (Å²) in [7, 11) is 1.45. The van der Waals surface area contributed by atoms with Crippen molar-refractivity contribution in [2.24, 2.45) is 11.7 Å². The van der Waals surface area contributed by atoms with Gasteiger partial charge in [0.25, 0.3) is 11.8 Å². The molecule has 2 amide bonds. The van der Waals surface area contributed by atoms with Gasteiger partial charge in [0.15, 0.2) is 5.75 Å². The number of halogens is 2. The molecule has 0 bridgehead atoms. The Kier molecular flexibility index (Phi) is 5.46. The third-order valence-corrected chi connectivity index (χ3v) is 6.18. The van der Waals surface area contributed by atoms with Crippen LogP contribution >= 0.6 is 34.5 Å². The summed E-state index contributed by atoms with van der Waals surface area (Å²) in [6.07, 6.45) is 2.68. The van der Waals surface area contributed by atoms with Crippen LogP contribution in [0.5, 0.6) is 5.75 Å². The first-order valence-corrected chi connectivity index (χ1v) is 9.67. The van der Waals surface area contributed by atoms with Gasteiger partial charge < -0.3 is 15.8 Å². The van der Waals surface area contributed by atoms with Crippen molar-refractivity contribution in [2.45, 2.75) is 26.2 Å². The fraction of sp³-hybridized carbons (Fsp3) is 0.333. The average Bonchev–Trinajstić information content (AvgIpc) is 2.91. The largest absolute Gasteiger partial charge is 0.494 e. The van der Waals surface area contributed by atoms with E-state index in [0.29, 0.717) is 22.2 Å². The van der Waals surface area contributed by atoms with Crippen molar-refractivity contribution < 1.29 is 14.3 Å². The smallest absolute Gasteiger partial charge is 0.256 e. The molecule has 5 nitrogen and oxygen atoms in total. The number of methoxy groups -OCH3 is 1. The van der Waals surface area contributed by atoms with Crippen molar-refractivity contribution in [1.82, 2.24) is 0 Å². The number of ether oxygens (including phenoxy) is 1. The average molecular weight is 413 g/mol. The summed E-state index contributed by atoms with van der Waals surface area (Å²) in [6.45, 7) is 2.17. The van der Waals surface area contributed by atoms with E-state index in [1.807, 2.05) is 0 Å². The Hall–Kier alpha value is -1.76. The van der Waals surface area contributed by atoms with Crippen molar-refractivity contribution in [3.63, 3.8) is 0 Å². The van der Waals surface area contributed by atoms with Gasteiger partial charge >= 0.3 is 0 Å². The van der Waals surface area contributed by atoms with Crippen LogP contribution in [0, 0.1) is 5.92 Å². The van der Waals surface area contributed by atoms with Crippen LogP contribution in [0.25, 0.3) is 0 Å². The molecule has 0 fully saturated rings. The predicted molar refractivity (Wildman–Crippen MR) is 105 cm³/mol. The number of benzene rings is 1. The maximum atomic E-state index is 12.7. The van der Waals surface area contributed by atoms with Gasteiger partial charge in [-0.2, -0.15) is 0 Å². The topological polar surface area (TPSA) is 81.4 Å². The molecule has 0 radical (unpaired) electrons. The van der Waals surface area contributed by atoms with Gasteiger partial charge in [0.05, 0.1) is 22.7 Å². The van der Waals surface area contributed by atoms with E-state index in [2.05, 4.69) is 12.2 Å². The molecule has 1 aromatic carbocycles. The Labute approximate surface area is 165 Å². The molecule has 0 unspecified atom stereocenters. The van der Waals surface area contributed by atoms with Gasteiger partial charge in [-0.3, -0.25) is 9.59 Å². The molecule has 0 aliphatic heterocycles. The minimum Gasteiger partial charge on any atom is -0.494 e. The van der Waals surface area contributed by atoms with Crippen LogP contribution < -0.4 is 15.8 Å². The summed E-state index contributed by atoms with van der Waals surface area (Å²) in [4.78, 5) is 25.7. The minimum atomic E-state index is -0.529. The molecule has 8 heteroatoms. The Balaban J connectivity index is 1.94. The quantitative estimate of drug-likeness (QED) is 0.772. The standard InChI is InChI=1S/C18H18Cl2N2O3S/c1-8-3-4-10-13(5-8)26-18(14(10)16(21)23)22-17(24)9-6-11(19)15(25-2)12(20)7-9/h6-8H,3-5H2,1-2H3,(H2,21,23)(H,22,24)/t8-/m1/s1. The summed E-state index contributed by atoms with van der Waals surface area (Å²) >= 11 is 13.6. The number of primary amides is 1. The number of carbonyl (C=O) groups is 2. The van der Waals surface area contributed by atoms with Crippen LogP contribution in [0.15, 0.2) is 12.1 Å². The van der Waals surface area contributed by atoms with E-state index in [4.69, 9.17) is 33.7 Å². The third-order valence-electron chi connectivity index (χ3n) is 4.45. The SMILES string of the molecule is COc1c(Cl)cc(C(=O)Nc2sc3c(c2C(N)=O)CC[C@@H](C)C3)cc1Cl. The molecule has 3 rings (SSSR count). The van der Waals surface area contributed by atoms with Crippen molar-refractivity contribution in [3.8, 4) is 5.75 Å².